The number of nitrogens with one attached hydrogen (secondary N) is 1. The van der Waals surface area contributed by atoms with Crippen molar-refractivity contribution in [3.8, 4) is 17.4 Å². The first-order chi connectivity index (χ1) is 7.70. The third kappa shape index (κ3) is 1.98. The summed E-state index contributed by atoms with van der Waals surface area (Å²) in [5.74, 6) is 1.54. The predicted octanol–water partition coefficient (Wildman–Crippen LogP) is 0.290. The highest BCUT2D eigenvalue weighted by molar-refractivity contribution is 5.47. The van der Waals surface area contributed by atoms with Crippen LogP contribution in [0.5, 0.6) is 5.88 Å². The lowest BCUT2D eigenvalue weighted by molar-refractivity contribution is 0.392. The Morgan fingerprint density at radius 2 is 2.19 bits per heavy atom. The predicted molar refractivity (Wildman–Crippen MR) is 56.6 cm³/mol. The maximum absolute atomic E-state index is 5.66. The molecule has 0 bridgehead atoms. The SMILES string of the molecule is COc1ccc(-c2n[nH]c(C(C)N)n2)nn1. The van der Waals surface area contributed by atoms with Gasteiger partial charge in [-0.25, -0.2) is 4.98 Å². The van der Waals surface area contributed by atoms with E-state index in [-0.39, 0.29) is 6.04 Å². The van der Waals surface area contributed by atoms with E-state index in [4.69, 9.17) is 10.5 Å². The molecule has 0 radical (unpaired) electrons. The zero-order valence-electron chi connectivity index (χ0n) is 9.01. The van der Waals surface area contributed by atoms with Crippen molar-refractivity contribution < 1.29 is 4.74 Å². The van der Waals surface area contributed by atoms with Crippen LogP contribution >= 0.6 is 0 Å². The number of hydrogen-bond donors (Lipinski definition) is 2. The van der Waals surface area contributed by atoms with E-state index in [1.807, 2.05) is 6.92 Å². The fraction of sp³-hybridized carbons (Fsp3) is 0.333. The standard InChI is InChI=1S/C9H12N6O/c1-5(10)8-11-9(15-14-8)6-3-4-7(16-2)13-12-6/h3-5H,10H2,1-2H3,(H,11,14,15). The third-order valence-electron chi connectivity index (χ3n) is 2.01. The van der Waals surface area contributed by atoms with Gasteiger partial charge in [0.05, 0.1) is 13.2 Å². The van der Waals surface area contributed by atoms with Crippen LogP contribution in [0.3, 0.4) is 0 Å². The molecule has 2 aromatic rings. The molecular weight excluding hydrogens is 208 g/mol. The smallest absolute Gasteiger partial charge is 0.233 e. The van der Waals surface area contributed by atoms with Crippen LogP contribution in [0.15, 0.2) is 12.1 Å². The lowest BCUT2D eigenvalue weighted by Crippen LogP contribution is -2.06. The summed E-state index contributed by atoms with van der Waals surface area (Å²) in [7, 11) is 1.53. The van der Waals surface area contributed by atoms with Crippen LogP contribution in [-0.4, -0.2) is 32.5 Å². The molecule has 0 spiro atoms. The summed E-state index contributed by atoms with van der Waals surface area (Å²) in [5.41, 5.74) is 6.23. The first-order valence-electron chi connectivity index (χ1n) is 4.76. The van der Waals surface area contributed by atoms with Gasteiger partial charge in [-0.05, 0) is 13.0 Å². The highest BCUT2D eigenvalue weighted by Gasteiger charge is 2.10. The Labute approximate surface area is 92.1 Å². The van der Waals surface area contributed by atoms with Crippen LogP contribution in [0.4, 0.5) is 0 Å². The highest BCUT2D eigenvalue weighted by atomic mass is 16.5. The van der Waals surface area contributed by atoms with Gasteiger partial charge < -0.3 is 10.5 Å². The van der Waals surface area contributed by atoms with Crippen LogP contribution in [0.2, 0.25) is 0 Å². The molecule has 0 saturated carbocycles. The van der Waals surface area contributed by atoms with Gasteiger partial charge in [0.2, 0.25) is 11.7 Å². The average Bonchev–Trinajstić information content (AvgIpc) is 2.78. The lowest BCUT2D eigenvalue weighted by atomic mass is 10.3. The molecule has 84 valence electrons. The number of methoxy groups -OCH3 is 1. The van der Waals surface area contributed by atoms with Gasteiger partial charge in [0, 0.05) is 6.07 Å². The fourth-order valence-corrected chi connectivity index (χ4v) is 1.14. The van der Waals surface area contributed by atoms with Crippen LogP contribution in [0.1, 0.15) is 18.8 Å². The Hall–Kier alpha value is -2.02. The van der Waals surface area contributed by atoms with E-state index >= 15 is 0 Å². The first kappa shape index (κ1) is 10.5. The van der Waals surface area contributed by atoms with Gasteiger partial charge in [0.1, 0.15) is 11.5 Å². The van der Waals surface area contributed by atoms with Crippen LogP contribution < -0.4 is 10.5 Å². The molecule has 7 heteroatoms. The minimum absolute atomic E-state index is 0.188. The Morgan fingerprint density at radius 3 is 2.69 bits per heavy atom. The molecule has 0 aliphatic heterocycles. The molecule has 2 aromatic heterocycles. The molecule has 1 unspecified atom stereocenters. The van der Waals surface area contributed by atoms with E-state index in [1.165, 1.54) is 7.11 Å². The number of nitrogens with zero attached hydrogens (tertiary/aromatic N) is 4. The molecule has 16 heavy (non-hydrogen) atoms. The highest BCUT2D eigenvalue weighted by Crippen LogP contribution is 2.14. The molecular formula is C9H12N6O. The van der Waals surface area contributed by atoms with Crippen molar-refractivity contribution in [2.75, 3.05) is 7.11 Å². The molecule has 0 fully saturated rings. The van der Waals surface area contributed by atoms with E-state index in [1.54, 1.807) is 12.1 Å². The molecule has 1 atom stereocenters. The molecule has 0 saturated heterocycles. The summed E-state index contributed by atoms with van der Waals surface area (Å²) >= 11 is 0. The molecule has 3 N–H and O–H groups in total. The molecule has 2 heterocycles. The largest absolute Gasteiger partial charge is 0.480 e. The summed E-state index contributed by atoms with van der Waals surface area (Å²) in [6, 6.07) is 3.25. The molecule has 0 amide bonds. The van der Waals surface area contributed by atoms with Crippen LogP contribution in [-0.2, 0) is 0 Å². The first-order valence-corrected chi connectivity index (χ1v) is 4.76. The normalized spacial score (nSPS) is 12.4. The van der Waals surface area contributed by atoms with Crippen molar-refractivity contribution in [3.05, 3.63) is 18.0 Å². The Morgan fingerprint density at radius 1 is 1.38 bits per heavy atom. The Balaban J connectivity index is 2.28. The van der Waals surface area contributed by atoms with Crippen molar-refractivity contribution in [2.24, 2.45) is 5.73 Å². The summed E-state index contributed by atoms with van der Waals surface area (Å²) < 4.78 is 4.91. The average molecular weight is 220 g/mol. The molecule has 0 aliphatic rings. The second-order valence-electron chi connectivity index (χ2n) is 3.29. The number of rotatable bonds is 3. The van der Waals surface area contributed by atoms with Crippen LogP contribution in [0.25, 0.3) is 11.5 Å². The molecule has 0 aromatic carbocycles. The Kier molecular flexibility index (Phi) is 2.78. The quantitative estimate of drug-likeness (QED) is 0.770. The minimum atomic E-state index is -0.188. The van der Waals surface area contributed by atoms with Gasteiger partial charge in [-0.15, -0.1) is 10.2 Å². The summed E-state index contributed by atoms with van der Waals surface area (Å²) in [6.45, 7) is 1.82. The minimum Gasteiger partial charge on any atom is -0.480 e. The van der Waals surface area contributed by atoms with Gasteiger partial charge in [-0.2, -0.15) is 5.10 Å². The van der Waals surface area contributed by atoms with Crippen molar-refractivity contribution >= 4 is 0 Å². The van der Waals surface area contributed by atoms with Crippen LogP contribution in [0, 0.1) is 0 Å². The van der Waals surface area contributed by atoms with E-state index in [0.29, 0.717) is 23.2 Å². The number of aromatic amines is 1. The topological polar surface area (TPSA) is 103 Å². The molecule has 2 rings (SSSR count). The monoisotopic (exact) mass is 220 g/mol. The van der Waals surface area contributed by atoms with E-state index in [0.717, 1.165) is 0 Å². The summed E-state index contributed by atoms with van der Waals surface area (Å²) in [5, 5.41) is 14.5. The van der Waals surface area contributed by atoms with Crippen molar-refractivity contribution in [2.45, 2.75) is 13.0 Å². The lowest BCUT2D eigenvalue weighted by Gasteiger charge is -1.97. The summed E-state index contributed by atoms with van der Waals surface area (Å²) in [6.07, 6.45) is 0. The zero-order valence-corrected chi connectivity index (χ0v) is 9.01. The third-order valence-corrected chi connectivity index (χ3v) is 2.01. The maximum Gasteiger partial charge on any atom is 0.233 e. The van der Waals surface area contributed by atoms with Gasteiger partial charge in [0.15, 0.2) is 0 Å². The molecule has 7 nitrogen and oxygen atoms in total. The number of nitrogens with two attached hydrogens (primary N) is 1. The zero-order chi connectivity index (χ0) is 11.5. The fourth-order valence-electron chi connectivity index (χ4n) is 1.14. The van der Waals surface area contributed by atoms with E-state index < -0.39 is 0 Å². The van der Waals surface area contributed by atoms with Gasteiger partial charge in [0.25, 0.3) is 0 Å². The Bertz CT molecular complexity index is 463. The van der Waals surface area contributed by atoms with E-state index in [9.17, 15) is 0 Å². The van der Waals surface area contributed by atoms with Crippen molar-refractivity contribution in [3.63, 3.8) is 0 Å². The van der Waals surface area contributed by atoms with Crippen molar-refractivity contribution in [1.29, 1.82) is 0 Å². The second kappa shape index (κ2) is 4.23. The summed E-state index contributed by atoms with van der Waals surface area (Å²) in [4.78, 5) is 4.20. The number of ether oxygens (including phenoxy) is 1. The number of H-pyrrole nitrogens is 1. The van der Waals surface area contributed by atoms with Gasteiger partial charge in [-0.3, -0.25) is 5.10 Å². The van der Waals surface area contributed by atoms with Gasteiger partial charge in [-0.1, -0.05) is 0 Å². The van der Waals surface area contributed by atoms with Gasteiger partial charge >= 0.3 is 0 Å². The number of hydrogen-bond acceptors (Lipinski definition) is 6. The number of aromatic nitrogens is 5. The molecule has 0 aliphatic carbocycles. The van der Waals surface area contributed by atoms with Crippen molar-refractivity contribution in [1.82, 2.24) is 25.4 Å². The second-order valence-corrected chi connectivity index (χ2v) is 3.29. The maximum atomic E-state index is 5.66. The van der Waals surface area contributed by atoms with E-state index in [2.05, 4.69) is 25.4 Å².